The predicted molar refractivity (Wildman–Crippen MR) is 126 cm³/mol. The smallest absolute Gasteiger partial charge is 0.272 e. The fourth-order valence-corrected chi connectivity index (χ4v) is 3.02. The van der Waals surface area contributed by atoms with E-state index >= 15 is 0 Å². The lowest BCUT2D eigenvalue weighted by Crippen LogP contribution is -2.30. The molecular weight excluding hydrogens is 428 g/mol. The summed E-state index contributed by atoms with van der Waals surface area (Å²) in [6.07, 6.45) is 1.57. The van der Waals surface area contributed by atoms with Crippen molar-refractivity contribution < 1.29 is 19.1 Å². The molecule has 164 valence electrons. The molecule has 0 fully saturated rings. The van der Waals surface area contributed by atoms with Crippen LogP contribution < -0.4 is 20.1 Å². The Hall–Kier alpha value is -3.77. The van der Waals surface area contributed by atoms with Crippen molar-refractivity contribution >= 4 is 35.2 Å². The Morgan fingerprint density at radius 2 is 1.69 bits per heavy atom. The van der Waals surface area contributed by atoms with Gasteiger partial charge in [-0.3, -0.25) is 9.59 Å². The van der Waals surface area contributed by atoms with Gasteiger partial charge < -0.3 is 20.1 Å². The van der Waals surface area contributed by atoms with E-state index in [1.165, 1.54) is 7.11 Å². The van der Waals surface area contributed by atoms with Gasteiger partial charge in [0.1, 0.15) is 5.70 Å². The summed E-state index contributed by atoms with van der Waals surface area (Å²) in [6.45, 7) is 2.37. The van der Waals surface area contributed by atoms with Crippen molar-refractivity contribution in [1.29, 1.82) is 0 Å². The first kappa shape index (κ1) is 22.9. The van der Waals surface area contributed by atoms with Gasteiger partial charge in [-0.25, -0.2) is 0 Å². The van der Waals surface area contributed by atoms with Crippen LogP contribution in [0.25, 0.3) is 6.08 Å². The highest BCUT2D eigenvalue weighted by molar-refractivity contribution is 6.30. The van der Waals surface area contributed by atoms with E-state index in [1.807, 2.05) is 13.0 Å². The lowest BCUT2D eigenvalue weighted by atomic mass is 10.1. The molecule has 0 aromatic heterocycles. The van der Waals surface area contributed by atoms with E-state index in [-0.39, 0.29) is 5.70 Å². The van der Waals surface area contributed by atoms with Crippen LogP contribution >= 0.6 is 11.6 Å². The highest BCUT2D eigenvalue weighted by atomic mass is 35.5. The second-order valence-electron chi connectivity index (χ2n) is 6.68. The van der Waals surface area contributed by atoms with Gasteiger partial charge in [0.2, 0.25) is 0 Å². The summed E-state index contributed by atoms with van der Waals surface area (Å²) in [4.78, 5) is 25.7. The Morgan fingerprint density at radius 1 is 0.969 bits per heavy atom. The Bertz CT molecular complexity index is 1110. The van der Waals surface area contributed by atoms with E-state index < -0.39 is 11.8 Å². The highest BCUT2D eigenvalue weighted by Gasteiger charge is 2.16. The van der Waals surface area contributed by atoms with Crippen LogP contribution in [0.4, 0.5) is 5.69 Å². The first-order valence-corrected chi connectivity index (χ1v) is 10.3. The van der Waals surface area contributed by atoms with Crippen LogP contribution in [0.5, 0.6) is 11.5 Å². The van der Waals surface area contributed by atoms with Gasteiger partial charge in [0, 0.05) is 16.3 Å². The van der Waals surface area contributed by atoms with Crippen molar-refractivity contribution in [2.24, 2.45) is 0 Å². The normalized spacial score (nSPS) is 10.9. The lowest BCUT2D eigenvalue weighted by molar-refractivity contribution is -0.113. The minimum Gasteiger partial charge on any atom is -0.493 e. The molecule has 3 aromatic rings. The van der Waals surface area contributed by atoms with Crippen molar-refractivity contribution in [3.63, 3.8) is 0 Å². The number of nitrogens with one attached hydrogen (secondary N) is 2. The van der Waals surface area contributed by atoms with E-state index in [2.05, 4.69) is 10.6 Å². The summed E-state index contributed by atoms with van der Waals surface area (Å²) in [6, 6.07) is 20.6. The van der Waals surface area contributed by atoms with Crippen LogP contribution in [-0.2, 0) is 4.79 Å². The number of hydrogen-bond acceptors (Lipinski definition) is 4. The molecule has 0 radical (unpaired) electrons. The molecule has 0 aliphatic carbocycles. The molecule has 0 atom stereocenters. The van der Waals surface area contributed by atoms with Gasteiger partial charge in [-0.1, -0.05) is 35.9 Å². The lowest BCUT2D eigenvalue weighted by Gasteiger charge is -2.13. The third-order valence-corrected chi connectivity index (χ3v) is 4.68. The van der Waals surface area contributed by atoms with E-state index in [9.17, 15) is 9.59 Å². The standard InChI is InChI=1S/C25H23ClN2O4/c1-3-32-22-14-9-17(16-23(22)31-2)15-21(28-24(29)18-7-5-4-6-8-18)25(30)27-20-12-10-19(26)11-13-20/h4-16H,3H2,1-2H3,(H,27,30)(H,28,29)/b21-15-. The van der Waals surface area contributed by atoms with Crippen LogP contribution in [0.1, 0.15) is 22.8 Å². The SMILES string of the molecule is CCOc1ccc(/C=C(\NC(=O)c2ccccc2)C(=O)Nc2ccc(Cl)cc2)cc1OC. The van der Waals surface area contributed by atoms with Crippen molar-refractivity contribution in [2.75, 3.05) is 19.0 Å². The molecule has 0 aliphatic rings. The number of carbonyl (C=O) groups excluding carboxylic acids is 2. The molecule has 0 saturated carbocycles. The number of ether oxygens (including phenoxy) is 2. The number of anilines is 1. The predicted octanol–water partition coefficient (Wildman–Crippen LogP) is 5.16. The number of methoxy groups -OCH3 is 1. The van der Waals surface area contributed by atoms with Gasteiger partial charge in [-0.15, -0.1) is 0 Å². The molecule has 0 unspecified atom stereocenters. The average Bonchev–Trinajstić information content (AvgIpc) is 2.81. The zero-order chi connectivity index (χ0) is 22.9. The molecule has 0 saturated heterocycles. The maximum atomic E-state index is 13.0. The van der Waals surface area contributed by atoms with Gasteiger partial charge in [-0.05, 0) is 67.1 Å². The van der Waals surface area contributed by atoms with E-state index in [1.54, 1.807) is 72.8 Å². The largest absolute Gasteiger partial charge is 0.493 e. The molecule has 0 heterocycles. The average molecular weight is 451 g/mol. The molecule has 7 heteroatoms. The first-order valence-electron chi connectivity index (χ1n) is 9.96. The molecule has 3 aromatic carbocycles. The molecule has 0 bridgehead atoms. The molecular formula is C25H23ClN2O4. The Balaban J connectivity index is 1.92. The summed E-state index contributed by atoms with van der Waals surface area (Å²) < 4.78 is 10.9. The Morgan fingerprint density at radius 3 is 2.34 bits per heavy atom. The van der Waals surface area contributed by atoms with E-state index in [0.29, 0.717) is 39.9 Å². The highest BCUT2D eigenvalue weighted by Crippen LogP contribution is 2.29. The van der Waals surface area contributed by atoms with Crippen LogP contribution in [0.2, 0.25) is 5.02 Å². The van der Waals surface area contributed by atoms with Gasteiger partial charge in [-0.2, -0.15) is 0 Å². The van der Waals surface area contributed by atoms with Crippen LogP contribution in [0.15, 0.2) is 78.5 Å². The van der Waals surface area contributed by atoms with Gasteiger partial charge >= 0.3 is 0 Å². The third kappa shape index (κ3) is 6.12. The first-order chi connectivity index (χ1) is 15.5. The molecule has 3 rings (SSSR count). The second-order valence-corrected chi connectivity index (χ2v) is 7.12. The van der Waals surface area contributed by atoms with Crippen LogP contribution in [0, 0.1) is 0 Å². The van der Waals surface area contributed by atoms with Crippen molar-refractivity contribution in [3.8, 4) is 11.5 Å². The number of rotatable bonds is 8. The van der Waals surface area contributed by atoms with Crippen molar-refractivity contribution in [3.05, 3.63) is 94.6 Å². The second kappa shape index (κ2) is 11.0. The minimum absolute atomic E-state index is 0.0695. The number of carbonyl (C=O) groups is 2. The number of hydrogen-bond donors (Lipinski definition) is 2. The number of amides is 2. The summed E-state index contributed by atoms with van der Waals surface area (Å²) in [5.41, 5.74) is 1.70. The fourth-order valence-electron chi connectivity index (χ4n) is 2.89. The number of halogens is 1. The van der Waals surface area contributed by atoms with Gasteiger partial charge in [0.05, 0.1) is 13.7 Å². The Kier molecular flexibility index (Phi) is 7.89. The zero-order valence-corrected chi connectivity index (χ0v) is 18.5. The monoisotopic (exact) mass is 450 g/mol. The molecule has 0 spiro atoms. The molecule has 2 amide bonds. The van der Waals surface area contributed by atoms with E-state index in [0.717, 1.165) is 0 Å². The summed E-state index contributed by atoms with van der Waals surface area (Å²) in [7, 11) is 1.54. The maximum absolute atomic E-state index is 13.0. The van der Waals surface area contributed by atoms with Crippen molar-refractivity contribution in [1.82, 2.24) is 5.32 Å². The quantitative estimate of drug-likeness (QED) is 0.465. The number of benzene rings is 3. The topological polar surface area (TPSA) is 76.7 Å². The van der Waals surface area contributed by atoms with Gasteiger partial charge in [0.15, 0.2) is 11.5 Å². The third-order valence-electron chi connectivity index (χ3n) is 4.43. The fraction of sp³-hybridized carbons (Fsp3) is 0.120. The minimum atomic E-state index is -0.482. The molecule has 6 nitrogen and oxygen atoms in total. The van der Waals surface area contributed by atoms with Gasteiger partial charge in [0.25, 0.3) is 11.8 Å². The van der Waals surface area contributed by atoms with E-state index in [4.69, 9.17) is 21.1 Å². The molecule has 32 heavy (non-hydrogen) atoms. The molecule has 2 N–H and O–H groups in total. The zero-order valence-electron chi connectivity index (χ0n) is 17.7. The van der Waals surface area contributed by atoms with Crippen molar-refractivity contribution in [2.45, 2.75) is 6.92 Å². The molecule has 0 aliphatic heterocycles. The van der Waals surface area contributed by atoms with Crippen LogP contribution in [0.3, 0.4) is 0 Å². The van der Waals surface area contributed by atoms with Crippen LogP contribution in [-0.4, -0.2) is 25.5 Å². The summed E-state index contributed by atoms with van der Waals surface area (Å²) in [5, 5.41) is 6.03. The summed E-state index contributed by atoms with van der Waals surface area (Å²) in [5.74, 6) is 0.227. The Labute approximate surface area is 191 Å². The summed E-state index contributed by atoms with van der Waals surface area (Å²) >= 11 is 5.92. The maximum Gasteiger partial charge on any atom is 0.272 e.